The van der Waals surface area contributed by atoms with Crippen LogP contribution in [0.5, 0.6) is 0 Å². The summed E-state index contributed by atoms with van der Waals surface area (Å²) in [4.78, 5) is 16.6. The van der Waals surface area contributed by atoms with E-state index in [1.54, 1.807) is 6.07 Å². The number of pyridine rings is 1. The number of esters is 1. The van der Waals surface area contributed by atoms with Crippen molar-refractivity contribution < 1.29 is 9.53 Å². The van der Waals surface area contributed by atoms with E-state index < -0.39 is 0 Å². The van der Waals surface area contributed by atoms with Crippen molar-refractivity contribution in [3.63, 3.8) is 0 Å². The van der Waals surface area contributed by atoms with Gasteiger partial charge in [-0.15, -0.1) is 0 Å². The average molecular weight is 369 g/mol. The molecule has 0 saturated carbocycles. The maximum atomic E-state index is 12.1. The lowest BCUT2D eigenvalue weighted by Crippen LogP contribution is -2.08. The van der Waals surface area contributed by atoms with Gasteiger partial charge >= 0.3 is 5.97 Å². The summed E-state index contributed by atoms with van der Waals surface area (Å²) in [5.74, 6) is -0.258. The highest BCUT2D eigenvalue weighted by molar-refractivity contribution is 14.1. The highest BCUT2D eigenvalue weighted by Gasteiger charge is 2.13. The summed E-state index contributed by atoms with van der Waals surface area (Å²) in [6.07, 6.45) is 1.91. The summed E-state index contributed by atoms with van der Waals surface area (Å²) >= 11 is 2.23. The van der Waals surface area contributed by atoms with Crippen LogP contribution in [0, 0.1) is 10.5 Å². The van der Waals surface area contributed by atoms with Crippen molar-refractivity contribution in [2.75, 3.05) is 6.61 Å². The molecule has 0 N–H and O–H groups in total. The fraction of sp³-hybridized carbons (Fsp3) is 0.333. The number of unbranched alkanes of at least 4 members (excludes halogenated alkanes) is 1. The number of nitrogens with zero attached hydrogens (tertiary/aromatic N) is 1. The molecule has 0 aliphatic carbocycles. The Kier molecular flexibility index (Phi) is 4.74. The van der Waals surface area contributed by atoms with Gasteiger partial charge in [0.2, 0.25) is 0 Å². The van der Waals surface area contributed by atoms with E-state index in [2.05, 4.69) is 34.5 Å². The molecular formula is C15H16INO2. The molecule has 100 valence electrons. The zero-order valence-electron chi connectivity index (χ0n) is 11.1. The Labute approximate surface area is 126 Å². The zero-order chi connectivity index (χ0) is 13.8. The van der Waals surface area contributed by atoms with Crippen LogP contribution in [0.2, 0.25) is 0 Å². The van der Waals surface area contributed by atoms with Crippen molar-refractivity contribution in [3.05, 3.63) is 39.1 Å². The second-order valence-electron chi connectivity index (χ2n) is 4.46. The molecule has 0 aliphatic heterocycles. The first-order chi connectivity index (χ1) is 9.11. The van der Waals surface area contributed by atoms with E-state index in [9.17, 15) is 4.79 Å². The first-order valence-corrected chi connectivity index (χ1v) is 7.43. The van der Waals surface area contributed by atoms with Gasteiger partial charge in [-0.25, -0.2) is 4.79 Å². The number of carbonyl (C=O) groups excluding carboxylic acids is 1. The Morgan fingerprint density at radius 3 is 2.89 bits per heavy atom. The molecule has 1 aromatic carbocycles. The Morgan fingerprint density at radius 1 is 1.37 bits per heavy atom. The van der Waals surface area contributed by atoms with E-state index in [1.807, 2.05) is 25.1 Å². The molecule has 0 bridgehead atoms. The molecule has 2 rings (SSSR count). The maximum absolute atomic E-state index is 12.1. The standard InChI is InChI=1S/C15H16INO2/c1-3-4-7-19-15(18)13-8-10(2)17-14-6-5-11(16)9-12(13)14/h5-6,8-9H,3-4,7H2,1-2H3. The molecule has 1 heterocycles. The highest BCUT2D eigenvalue weighted by Crippen LogP contribution is 2.21. The highest BCUT2D eigenvalue weighted by atomic mass is 127. The van der Waals surface area contributed by atoms with Crippen LogP contribution in [-0.2, 0) is 4.74 Å². The number of ether oxygens (including phenoxy) is 1. The smallest absolute Gasteiger partial charge is 0.338 e. The van der Waals surface area contributed by atoms with Gasteiger partial charge in [-0.1, -0.05) is 13.3 Å². The maximum Gasteiger partial charge on any atom is 0.338 e. The van der Waals surface area contributed by atoms with E-state index in [-0.39, 0.29) is 5.97 Å². The molecule has 0 unspecified atom stereocenters. The first-order valence-electron chi connectivity index (χ1n) is 6.36. The number of aromatic nitrogens is 1. The number of benzene rings is 1. The molecule has 19 heavy (non-hydrogen) atoms. The predicted molar refractivity (Wildman–Crippen MR) is 84.4 cm³/mol. The zero-order valence-corrected chi connectivity index (χ0v) is 13.2. The largest absolute Gasteiger partial charge is 0.462 e. The Bertz CT molecular complexity index is 610. The van der Waals surface area contributed by atoms with Crippen molar-refractivity contribution in [2.24, 2.45) is 0 Å². The van der Waals surface area contributed by atoms with E-state index in [4.69, 9.17) is 4.74 Å². The normalized spacial score (nSPS) is 10.7. The fourth-order valence-corrected chi connectivity index (χ4v) is 2.38. The minimum Gasteiger partial charge on any atom is -0.462 e. The van der Waals surface area contributed by atoms with Crippen molar-refractivity contribution in [1.82, 2.24) is 4.98 Å². The molecule has 4 heteroatoms. The van der Waals surface area contributed by atoms with Gasteiger partial charge in [-0.2, -0.15) is 0 Å². The SMILES string of the molecule is CCCCOC(=O)c1cc(C)nc2ccc(I)cc12. The van der Waals surface area contributed by atoms with Crippen LogP contribution in [-0.4, -0.2) is 17.6 Å². The van der Waals surface area contributed by atoms with E-state index >= 15 is 0 Å². The van der Waals surface area contributed by atoms with Crippen molar-refractivity contribution >= 4 is 39.5 Å². The van der Waals surface area contributed by atoms with E-state index in [0.717, 1.165) is 33.0 Å². The third-order valence-corrected chi connectivity index (χ3v) is 3.52. The Hall–Kier alpha value is -1.17. The van der Waals surface area contributed by atoms with Crippen LogP contribution in [0.3, 0.4) is 0 Å². The molecule has 0 fully saturated rings. The van der Waals surface area contributed by atoms with Gasteiger partial charge in [0.05, 0.1) is 17.7 Å². The third kappa shape index (κ3) is 3.43. The lowest BCUT2D eigenvalue weighted by atomic mass is 10.1. The van der Waals surface area contributed by atoms with Gasteiger partial charge in [-0.05, 0) is 60.2 Å². The van der Waals surface area contributed by atoms with E-state index in [0.29, 0.717) is 12.2 Å². The van der Waals surface area contributed by atoms with Crippen molar-refractivity contribution in [1.29, 1.82) is 0 Å². The van der Waals surface area contributed by atoms with Crippen molar-refractivity contribution in [2.45, 2.75) is 26.7 Å². The molecule has 3 nitrogen and oxygen atoms in total. The second kappa shape index (κ2) is 6.32. The summed E-state index contributed by atoms with van der Waals surface area (Å²) in [6.45, 7) is 4.44. The number of hydrogen-bond acceptors (Lipinski definition) is 3. The molecule has 0 radical (unpaired) electrons. The quantitative estimate of drug-likeness (QED) is 0.463. The second-order valence-corrected chi connectivity index (χ2v) is 5.71. The average Bonchev–Trinajstić information content (AvgIpc) is 2.38. The van der Waals surface area contributed by atoms with Crippen LogP contribution in [0.1, 0.15) is 35.8 Å². The van der Waals surface area contributed by atoms with Gasteiger partial charge in [0.25, 0.3) is 0 Å². The lowest BCUT2D eigenvalue weighted by molar-refractivity contribution is 0.0502. The molecule has 0 spiro atoms. The minimum atomic E-state index is -0.258. The molecule has 0 aliphatic rings. The number of hydrogen-bond donors (Lipinski definition) is 0. The summed E-state index contributed by atoms with van der Waals surface area (Å²) < 4.78 is 6.38. The number of carbonyl (C=O) groups is 1. The molecule has 0 atom stereocenters. The fourth-order valence-electron chi connectivity index (χ4n) is 1.89. The van der Waals surface area contributed by atoms with Crippen LogP contribution >= 0.6 is 22.6 Å². The van der Waals surface area contributed by atoms with Crippen molar-refractivity contribution in [3.8, 4) is 0 Å². The summed E-state index contributed by atoms with van der Waals surface area (Å²) in [5, 5.41) is 0.860. The summed E-state index contributed by atoms with van der Waals surface area (Å²) in [6, 6.07) is 7.69. The summed E-state index contributed by atoms with van der Waals surface area (Å²) in [7, 11) is 0. The topological polar surface area (TPSA) is 39.2 Å². The van der Waals surface area contributed by atoms with Gasteiger partial charge in [0.1, 0.15) is 0 Å². The van der Waals surface area contributed by atoms with Crippen LogP contribution in [0.4, 0.5) is 0 Å². The predicted octanol–water partition coefficient (Wildman–Crippen LogP) is 4.10. The van der Waals surface area contributed by atoms with Crippen LogP contribution in [0.15, 0.2) is 24.3 Å². The molecule has 0 amide bonds. The van der Waals surface area contributed by atoms with Gasteiger partial charge < -0.3 is 4.74 Å². The lowest BCUT2D eigenvalue weighted by Gasteiger charge is -2.08. The molecule has 2 aromatic rings. The Morgan fingerprint density at radius 2 is 2.16 bits per heavy atom. The van der Waals surface area contributed by atoms with E-state index in [1.165, 1.54) is 0 Å². The number of fused-ring (bicyclic) bond motifs is 1. The first kappa shape index (κ1) is 14.2. The minimum absolute atomic E-state index is 0.258. The Balaban J connectivity index is 2.40. The number of aryl methyl sites for hydroxylation is 1. The number of halogens is 1. The van der Waals surface area contributed by atoms with Gasteiger partial charge in [0, 0.05) is 14.7 Å². The van der Waals surface area contributed by atoms with Gasteiger partial charge in [0.15, 0.2) is 0 Å². The molecular weight excluding hydrogens is 353 g/mol. The van der Waals surface area contributed by atoms with Gasteiger partial charge in [-0.3, -0.25) is 4.98 Å². The number of rotatable bonds is 4. The molecule has 1 aromatic heterocycles. The van der Waals surface area contributed by atoms with Crippen LogP contribution < -0.4 is 0 Å². The molecule has 0 saturated heterocycles. The van der Waals surface area contributed by atoms with Crippen LogP contribution in [0.25, 0.3) is 10.9 Å². The third-order valence-electron chi connectivity index (χ3n) is 2.85. The summed E-state index contributed by atoms with van der Waals surface area (Å²) in [5.41, 5.74) is 2.27. The monoisotopic (exact) mass is 369 g/mol.